The van der Waals surface area contributed by atoms with Crippen molar-refractivity contribution in [2.45, 2.75) is 26.3 Å². The van der Waals surface area contributed by atoms with E-state index in [0.717, 1.165) is 41.5 Å². The standard InChI is InChI=1S/C24H25N5O/c1-3-9-20-22(23(24(25)30)28(2)27-20)26-14-18-16-29(15-17-10-5-4-6-11-17)21-13-8-7-12-19(18)21/h4-8,10-14,16H,3,9,15H2,1-2H3,(H2,25,30). The maximum Gasteiger partial charge on any atom is 0.269 e. The van der Waals surface area contributed by atoms with Crippen molar-refractivity contribution in [3.05, 3.63) is 83.3 Å². The number of hydrogen-bond acceptors (Lipinski definition) is 3. The van der Waals surface area contributed by atoms with E-state index in [0.29, 0.717) is 11.4 Å². The Kier molecular flexibility index (Phi) is 5.48. The number of amides is 1. The Labute approximate surface area is 175 Å². The molecular weight excluding hydrogens is 374 g/mol. The van der Waals surface area contributed by atoms with Crippen LogP contribution in [0.15, 0.2) is 65.8 Å². The second-order valence-corrected chi connectivity index (χ2v) is 7.36. The number of benzene rings is 2. The number of carbonyl (C=O) groups excluding carboxylic acids is 1. The summed E-state index contributed by atoms with van der Waals surface area (Å²) in [6.45, 7) is 2.85. The molecule has 2 aromatic heterocycles. The molecule has 0 fully saturated rings. The van der Waals surface area contributed by atoms with Gasteiger partial charge in [-0.2, -0.15) is 5.10 Å². The van der Waals surface area contributed by atoms with Gasteiger partial charge in [0.15, 0.2) is 5.69 Å². The molecule has 0 aliphatic heterocycles. The van der Waals surface area contributed by atoms with Crippen LogP contribution in [0, 0.1) is 0 Å². The van der Waals surface area contributed by atoms with Gasteiger partial charge in [0.1, 0.15) is 5.69 Å². The first-order valence-corrected chi connectivity index (χ1v) is 10.1. The third-order valence-electron chi connectivity index (χ3n) is 5.16. The molecule has 0 aliphatic rings. The summed E-state index contributed by atoms with van der Waals surface area (Å²) in [4.78, 5) is 16.7. The molecule has 152 valence electrons. The number of carbonyl (C=O) groups is 1. The van der Waals surface area contributed by atoms with Crippen molar-refractivity contribution in [1.29, 1.82) is 0 Å². The van der Waals surface area contributed by atoms with E-state index in [1.165, 1.54) is 10.2 Å². The van der Waals surface area contributed by atoms with Crippen LogP contribution in [0.1, 0.15) is 40.7 Å². The first-order chi connectivity index (χ1) is 14.6. The zero-order valence-corrected chi connectivity index (χ0v) is 17.2. The van der Waals surface area contributed by atoms with Crippen LogP contribution in [0.3, 0.4) is 0 Å². The van der Waals surface area contributed by atoms with Crippen LogP contribution >= 0.6 is 0 Å². The van der Waals surface area contributed by atoms with E-state index >= 15 is 0 Å². The lowest BCUT2D eigenvalue weighted by Gasteiger charge is -2.05. The Morgan fingerprint density at radius 2 is 1.87 bits per heavy atom. The molecule has 2 N–H and O–H groups in total. The summed E-state index contributed by atoms with van der Waals surface area (Å²) in [6.07, 6.45) is 5.56. The van der Waals surface area contributed by atoms with E-state index < -0.39 is 5.91 Å². The summed E-state index contributed by atoms with van der Waals surface area (Å²) in [7, 11) is 1.73. The fraction of sp³-hybridized carbons (Fsp3) is 0.208. The molecule has 6 heteroatoms. The smallest absolute Gasteiger partial charge is 0.269 e. The van der Waals surface area contributed by atoms with Crippen molar-refractivity contribution in [2.75, 3.05) is 0 Å². The maximum absolute atomic E-state index is 12.0. The molecule has 2 heterocycles. The van der Waals surface area contributed by atoms with Gasteiger partial charge in [-0.15, -0.1) is 0 Å². The molecule has 4 rings (SSSR count). The van der Waals surface area contributed by atoms with Crippen LogP contribution in [0.5, 0.6) is 0 Å². The van der Waals surface area contributed by atoms with Crippen molar-refractivity contribution in [2.24, 2.45) is 17.8 Å². The summed E-state index contributed by atoms with van der Waals surface area (Å²) < 4.78 is 3.75. The fourth-order valence-electron chi connectivity index (χ4n) is 3.81. The molecule has 0 radical (unpaired) electrons. The highest BCUT2D eigenvalue weighted by molar-refractivity contribution is 6.02. The number of para-hydroxylation sites is 1. The number of aromatic nitrogens is 3. The van der Waals surface area contributed by atoms with E-state index in [4.69, 9.17) is 5.73 Å². The third-order valence-corrected chi connectivity index (χ3v) is 5.16. The number of primary amides is 1. The first-order valence-electron chi connectivity index (χ1n) is 10.1. The van der Waals surface area contributed by atoms with Crippen molar-refractivity contribution in [3.8, 4) is 0 Å². The minimum absolute atomic E-state index is 0.336. The molecule has 0 saturated heterocycles. The Hall–Kier alpha value is -3.67. The van der Waals surface area contributed by atoms with Crippen LogP contribution in [0.25, 0.3) is 10.9 Å². The Balaban J connectivity index is 1.77. The van der Waals surface area contributed by atoms with E-state index in [1.807, 2.05) is 36.5 Å². The number of nitrogens with two attached hydrogens (primary N) is 1. The maximum atomic E-state index is 12.0. The Morgan fingerprint density at radius 3 is 2.60 bits per heavy atom. The third kappa shape index (κ3) is 3.76. The van der Waals surface area contributed by atoms with Gasteiger partial charge in [0.05, 0.1) is 5.69 Å². The molecule has 2 aromatic carbocycles. The van der Waals surface area contributed by atoms with E-state index in [9.17, 15) is 4.79 Å². The Bertz CT molecular complexity index is 1220. The zero-order valence-electron chi connectivity index (χ0n) is 17.2. The molecule has 0 saturated carbocycles. The topological polar surface area (TPSA) is 78.2 Å². The Morgan fingerprint density at radius 1 is 1.13 bits per heavy atom. The van der Waals surface area contributed by atoms with Gasteiger partial charge in [0.25, 0.3) is 5.91 Å². The van der Waals surface area contributed by atoms with Crippen molar-refractivity contribution in [3.63, 3.8) is 0 Å². The van der Waals surface area contributed by atoms with Crippen LogP contribution in [0.2, 0.25) is 0 Å². The molecule has 0 unspecified atom stereocenters. The largest absolute Gasteiger partial charge is 0.364 e. The second kappa shape index (κ2) is 8.37. The van der Waals surface area contributed by atoms with Crippen molar-refractivity contribution in [1.82, 2.24) is 14.3 Å². The fourth-order valence-corrected chi connectivity index (χ4v) is 3.81. The van der Waals surface area contributed by atoms with Crippen LogP contribution < -0.4 is 5.73 Å². The normalized spacial score (nSPS) is 11.5. The molecule has 4 aromatic rings. The summed E-state index contributed by atoms with van der Waals surface area (Å²) in [5, 5.41) is 5.56. The van der Waals surface area contributed by atoms with Gasteiger partial charge in [-0.25, -0.2) is 0 Å². The predicted octanol–water partition coefficient (Wildman–Crippen LogP) is 4.23. The average Bonchev–Trinajstić information content (AvgIpc) is 3.25. The lowest BCUT2D eigenvalue weighted by molar-refractivity contribution is 0.0992. The number of fused-ring (bicyclic) bond motifs is 1. The minimum Gasteiger partial charge on any atom is -0.364 e. The highest BCUT2D eigenvalue weighted by Gasteiger charge is 2.19. The molecule has 0 aliphatic carbocycles. The average molecular weight is 399 g/mol. The number of hydrogen-bond donors (Lipinski definition) is 1. The first kappa shape index (κ1) is 19.6. The number of nitrogens with zero attached hydrogens (tertiary/aromatic N) is 4. The monoisotopic (exact) mass is 399 g/mol. The molecule has 6 nitrogen and oxygen atoms in total. The molecular formula is C24H25N5O. The number of aryl methyl sites for hydroxylation is 2. The second-order valence-electron chi connectivity index (χ2n) is 7.36. The number of rotatable bonds is 7. The van der Waals surface area contributed by atoms with Gasteiger partial charge >= 0.3 is 0 Å². The van der Waals surface area contributed by atoms with Crippen LogP contribution in [-0.2, 0) is 20.0 Å². The van der Waals surface area contributed by atoms with E-state index in [1.54, 1.807) is 7.05 Å². The predicted molar refractivity (Wildman–Crippen MR) is 120 cm³/mol. The van der Waals surface area contributed by atoms with Crippen molar-refractivity contribution < 1.29 is 4.79 Å². The summed E-state index contributed by atoms with van der Waals surface area (Å²) in [6, 6.07) is 18.6. The lowest BCUT2D eigenvalue weighted by atomic mass is 10.2. The molecule has 0 bridgehead atoms. The molecule has 1 amide bonds. The van der Waals surface area contributed by atoms with E-state index in [-0.39, 0.29) is 0 Å². The SMILES string of the molecule is CCCc1nn(C)c(C(N)=O)c1N=Cc1cn(Cc2ccccc2)c2ccccc12. The summed E-state index contributed by atoms with van der Waals surface area (Å²) >= 11 is 0. The van der Waals surface area contributed by atoms with Crippen LogP contribution in [0.4, 0.5) is 5.69 Å². The van der Waals surface area contributed by atoms with Crippen molar-refractivity contribution >= 4 is 28.7 Å². The highest BCUT2D eigenvalue weighted by Crippen LogP contribution is 2.26. The molecule has 0 atom stereocenters. The summed E-state index contributed by atoms with van der Waals surface area (Å²) in [5.41, 5.74) is 10.6. The van der Waals surface area contributed by atoms with E-state index in [2.05, 4.69) is 52.0 Å². The molecule has 30 heavy (non-hydrogen) atoms. The van der Waals surface area contributed by atoms with Gasteiger partial charge in [-0.05, 0) is 18.1 Å². The van der Waals surface area contributed by atoms with Gasteiger partial charge < -0.3 is 10.3 Å². The van der Waals surface area contributed by atoms with Gasteiger partial charge in [0.2, 0.25) is 0 Å². The summed E-state index contributed by atoms with van der Waals surface area (Å²) in [5.74, 6) is -0.522. The van der Waals surface area contributed by atoms with Gasteiger partial charge in [-0.3, -0.25) is 14.5 Å². The minimum atomic E-state index is -0.522. The van der Waals surface area contributed by atoms with Crippen LogP contribution in [-0.4, -0.2) is 26.5 Å². The highest BCUT2D eigenvalue weighted by atomic mass is 16.1. The molecule has 0 spiro atoms. The van der Waals surface area contributed by atoms with Gasteiger partial charge in [-0.1, -0.05) is 61.9 Å². The lowest BCUT2D eigenvalue weighted by Crippen LogP contribution is -2.15. The number of aliphatic imine (C=N–C) groups is 1. The van der Waals surface area contributed by atoms with Gasteiger partial charge in [0, 0.05) is 42.5 Å². The quantitative estimate of drug-likeness (QED) is 0.472. The zero-order chi connectivity index (χ0) is 21.1.